The summed E-state index contributed by atoms with van der Waals surface area (Å²) in [5.41, 5.74) is 2.59. The van der Waals surface area contributed by atoms with E-state index in [1.54, 1.807) is 0 Å². The maximum Gasteiger partial charge on any atom is 0.273 e. The molecule has 4 rings (SSSR count). The average Bonchev–Trinajstić information content (AvgIpc) is 3.34. The highest BCUT2D eigenvalue weighted by Gasteiger charge is 2.20. The monoisotopic (exact) mass is 455 g/mol. The van der Waals surface area contributed by atoms with Gasteiger partial charge >= 0.3 is 0 Å². The molecule has 0 spiro atoms. The molecule has 0 unspecified atom stereocenters. The number of nitrogens with one attached hydrogen (secondary N) is 1. The zero-order valence-electron chi connectivity index (χ0n) is 19.5. The van der Waals surface area contributed by atoms with Gasteiger partial charge in [-0.15, -0.1) is 0 Å². The van der Waals surface area contributed by atoms with Crippen LogP contribution in [0.3, 0.4) is 0 Å². The van der Waals surface area contributed by atoms with E-state index in [-0.39, 0.29) is 11.9 Å². The Morgan fingerprint density at radius 2 is 1.68 bits per heavy atom. The van der Waals surface area contributed by atoms with E-state index < -0.39 is 0 Å². The lowest BCUT2D eigenvalue weighted by Gasteiger charge is -2.28. The van der Waals surface area contributed by atoms with Gasteiger partial charge in [0.25, 0.3) is 5.91 Å². The van der Waals surface area contributed by atoms with Gasteiger partial charge in [-0.1, -0.05) is 60.7 Å². The maximum absolute atomic E-state index is 12.1. The molecular weight excluding hydrogens is 426 g/mol. The van der Waals surface area contributed by atoms with E-state index in [4.69, 9.17) is 9.15 Å². The van der Waals surface area contributed by atoms with Crippen LogP contribution >= 0.6 is 0 Å². The van der Waals surface area contributed by atoms with E-state index in [2.05, 4.69) is 40.3 Å². The molecule has 0 aliphatic carbocycles. The van der Waals surface area contributed by atoms with E-state index in [1.807, 2.05) is 73.7 Å². The van der Waals surface area contributed by atoms with Crippen LogP contribution in [0.5, 0.6) is 11.5 Å². The van der Waals surface area contributed by atoms with Crippen molar-refractivity contribution in [2.75, 3.05) is 6.54 Å². The van der Waals surface area contributed by atoms with Gasteiger partial charge in [-0.25, -0.2) is 4.98 Å². The van der Waals surface area contributed by atoms with Crippen LogP contribution in [0.1, 0.15) is 47.4 Å². The van der Waals surface area contributed by atoms with Crippen molar-refractivity contribution in [3.63, 3.8) is 0 Å². The summed E-state index contributed by atoms with van der Waals surface area (Å²) < 4.78 is 11.7. The van der Waals surface area contributed by atoms with E-state index in [0.29, 0.717) is 31.2 Å². The van der Waals surface area contributed by atoms with E-state index >= 15 is 0 Å². The quantitative estimate of drug-likeness (QED) is 0.319. The number of amides is 1. The van der Waals surface area contributed by atoms with Crippen molar-refractivity contribution >= 4 is 5.91 Å². The second-order valence-corrected chi connectivity index (χ2v) is 8.04. The molecule has 3 aromatic carbocycles. The molecule has 6 nitrogen and oxygen atoms in total. The van der Waals surface area contributed by atoms with Gasteiger partial charge in [0, 0.05) is 19.1 Å². The Labute approximate surface area is 200 Å². The molecule has 1 heterocycles. The van der Waals surface area contributed by atoms with Crippen molar-refractivity contribution in [2.45, 2.75) is 33.0 Å². The molecule has 1 aromatic heterocycles. The highest BCUT2D eigenvalue weighted by molar-refractivity contribution is 5.91. The summed E-state index contributed by atoms with van der Waals surface area (Å²) >= 11 is 0. The van der Waals surface area contributed by atoms with Crippen molar-refractivity contribution in [1.29, 1.82) is 0 Å². The number of para-hydroxylation sites is 1. The van der Waals surface area contributed by atoms with Gasteiger partial charge < -0.3 is 14.5 Å². The first-order chi connectivity index (χ1) is 16.6. The smallest absolute Gasteiger partial charge is 0.273 e. The molecule has 0 aliphatic rings. The molecule has 0 saturated carbocycles. The molecule has 0 radical (unpaired) electrons. The number of carbonyl (C=O) groups excluding carboxylic acids is 1. The third kappa shape index (κ3) is 6.11. The summed E-state index contributed by atoms with van der Waals surface area (Å²) in [6.45, 7) is 5.69. The number of carbonyl (C=O) groups is 1. The number of oxazole rings is 1. The summed E-state index contributed by atoms with van der Waals surface area (Å²) in [6, 6.07) is 28.2. The van der Waals surface area contributed by atoms with Crippen LogP contribution in [-0.2, 0) is 13.1 Å². The fraction of sp³-hybridized carbons (Fsp3) is 0.214. The zero-order chi connectivity index (χ0) is 23.8. The van der Waals surface area contributed by atoms with E-state index in [1.165, 1.54) is 11.8 Å². The van der Waals surface area contributed by atoms with Gasteiger partial charge in [0.15, 0.2) is 5.69 Å². The third-order valence-electron chi connectivity index (χ3n) is 5.55. The van der Waals surface area contributed by atoms with Crippen molar-refractivity contribution in [3.05, 3.63) is 114 Å². The fourth-order valence-corrected chi connectivity index (χ4v) is 3.75. The topological polar surface area (TPSA) is 67.6 Å². The molecular formula is C28H29N3O3. The lowest BCUT2D eigenvalue weighted by molar-refractivity contribution is 0.0950. The largest absolute Gasteiger partial charge is 0.457 e. The molecule has 0 fully saturated rings. The van der Waals surface area contributed by atoms with Gasteiger partial charge in [0.05, 0.1) is 6.54 Å². The molecule has 0 saturated heterocycles. The minimum absolute atomic E-state index is 0.0970. The minimum Gasteiger partial charge on any atom is -0.457 e. The number of benzene rings is 3. The first-order valence-electron chi connectivity index (χ1n) is 11.5. The SMILES string of the molecule is CCNC(=O)c1coc(CN(Cc2cccc(Oc3ccccc3)c2)[C@@H](C)c2ccccc2)n1. The van der Waals surface area contributed by atoms with E-state index in [9.17, 15) is 4.79 Å². The van der Waals surface area contributed by atoms with Crippen LogP contribution in [0.15, 0.2) is 95.6 Å². The Morgan fingerprint density at radius 1 is 0.971 bits per heavy atom. The van der Waals surface area contributed by atoms with Crippen LogP contribution < -0.4 is 10.1 Å². The Morgan fingerprint density at radius 3 is 2.41 bits per heavy atom. The maximum atomic E-state index is 12.1. The first kappa shape index (κ1) is 23.3. The number of aromatic nitrogens is 1. The minimum atomic E-state index is -0.231. The van der Waals surface area contributed by atoms with Crippen molar-refractivity contribution in [1.82, 2.24) is 15.2 Å². The molecule has 34 heavy (non-hydrogen) atoms. The van der Waals surface area contributed by atoms with Crippen molar-refractivity contribution in [2.24, 2.45) is 0 Å². The molecule has 0 bridgehead atoms. The van der Waals surface area contributed by atoms with Gasteiger partial charge in [0.1, 0.15) is 17.8 Å². The summed E-state index contributed by atoms with van der Waals surface area (Å²) in [5.74, 6) is 1.85. The van der Waals surface area contributed by atoms with Gasteiger partial charge in [0.2, 0.25) is 5.89 Å². The molecule has 1 atom stereocenters. The lowest BCUT2D eigenvalue weighted by Crippen LogP contribution is -2.27. The Balaban J connectivity index is 1.55. The lowest BCUT2D eigenvalue weighted by atomic mass is 10.1. The summed E-state index contributed by atoms with van der Waals surface area (Å²) in [6.07, 6.45) is 1.42. The Hall–Kier alpha value is -3.90. The average molecular weight is 456 g/mol. The van der Waals surface area contributed by atoms with Crippen LogP contribution in [-0.4, -0.2) is 22.3 Å². The molecule has 174 valence electrons. The molecule has 6 heteroatoms. The predicted molar refractivity (Wildman–Crippen MR) is 132 cm³/mol. The number of ether oxygens (including phenoxy) is 1. The van der Waals surface area contributed by atoms with Crippen molar-refractivity contribution < 1.29 is 13.9 Å². The number of rotatable bonds is 10. The summed E-state index contributed by atoms with van der Waals surface area (Å²) in [4.78, 5) is 18.8. The van der Waals surface area contributed by atoms with Gasteiger partial charge in [-0.05, 0) is 49.2 Å². The first-order valence-corrected chi connectivity index (χ1v) is 11.5. The fourth-order valence-electron chi connectivity index (χ4n) is 3.75. The van der Waals surface area contributed by atoms with Crippen LogP contribution in [0.25, 0.3) is 0 Å². The highest BCUT2D eigenvalue weighted by Crippen LogP contribution is 2.27. The number of nitrogens with zero attached hydrogens (tertiary/aromatic N) is 2. The molecule has 1 N–H and O–H groups in total. The van der Waals surface area contributed by atoms with Crippen LogP contribution in [0, 0.1) is 0 Å². The second-order valence-electron chi connectivity index (χ2n) is 8.04. The van der Waals surface area contributed by atoms with Gasteiger partial charge in [-0.3, -0.25) is 9.69 Å². The molecule has 0 aliphatic heterocycles. The van der Waals surface area contributed by atoms with Crippen molar-refractivity contribution in [3.8, 4) is 11.5 Å². The second kappa shape index (κ2) is 11.3. The van der Waals surface area contributed by atoms with Gasteiger partial charge in [-0.2, -0.15) is 0 Å². The molecule has 1 amide bonds. The van der Waals surface area contributed by atoms with Crippen LogP contribution in [0.4, 0.5) is 0 Å². The Kier molecular flexibility index (Phi) is 7.73. The normalized spacial score (nSPS) is 11.9. The zero-order valence-corrected chi connectivity index (χ0v) is 19.5. The third-order valence-corrected chi connectivity index (χ3v) is 5.55. The highest BCUT2D eigenvalue weighted by atomic mass is 16.5. The standard InChI is InChI=1S/C28H29N3O3/c1-3-29-28(32)26-20-33-27(30-26)19-31(21(2)23-12-6-4-7-13-23)18-22-11-10-16-25(17-22)34-24-14-8-5-9-15-24/h4-17,20-21H,3,18-19H2,1-2H3,(H,29,32)/t21-/m0/s1. The Bertz CT molecular complexity index is 1190. The number of hydrogen-bond acceptors (Lipinski definition) is 5. The predicted octanol–water partition coefficient (Wildman–Crippen LogP) is 5.98. The summed E-state index contributed by atoms with van der Waals surface area (Å²) in [5, 5.41) is 2.75. The molecule has 4 aromatic rings. The summed E-state index contributed by atoms with van der Waals surface area (Å²) in [7, 11) is 0. The van der Waals surface area contributed by atoms with E-state index in [0.717, 1.165) is 17.1 Å². The van der Waals surface area contributed by atoms with Crippen LogP contribution in [0.2, 0.25) is 0 Å². The number of hydrogen-bond donors (Lipinski definition) is 1.